The largest absolute Gasteiger partial charge is 0.463 e. The molecular formula is C36H43N3O4. The summed E-state index contributed by atoms with van der Waals surface area (Å²) in [7, 11) is 0. The highest BCUT2D eigenvalue weighted by Gasteiger charge is 2.15. The molecule has 0 saturated carbocycles. The quantitative estimate of drug-likeness (QED) is 0.124. The van der Waals surface area contributed by atoms with Crippen molar-refractivity contribution in [1.29, 1.82) is 0 Å². The Balaban J connectivity index is 1.94. The van der Waals surface area contributed by atoms with Gasteiger partial charge in [-0.25, -0.2) is 9.59 Å². The van der Waals surface area contributed by atoms with Gasteiger partial charge in [0.15, 0.2) is 0 Å². The van der Waals surface area contributed by atoms with E-state index in [1.807, 2.05) is 51.1 Å². The second kappa shape index (κ2) is 16.0. The normalized spacial score (nSPS) is 12.4. The van der Waals surface area contributed by atoms with Gasteiger partial charge in [-0.1, -0.05) is 35.9 Å². The third-order valence-electron chi connectivity index (χ3n) is 6.76. The van der Waals surface area contributed by atoms with Crippen LogP contribution in [0.2, 0.25) is 0 Å². The molecule has 0 aliphatic heterocycles. The van der Waals surface area contributed by atoms with E-state index in [1.54, 1.807) is 39.0 Å². The number of hydrogen-bond acceptors (Lipinski definition) is 6. The van der Waals surface area contributed by atoms with Crippen LogP contribution >= 0.6 is 0 Å². The van der Waals surface area contributed by atoms with E-state index in [-0.39, 0.29) is 11.9 Å². The van der Waals surface area contributed by atoms with Crippen molar-refractivity contribution in [2.75, 3.05) is 29.6 Å². The predicted octanol–water partition coefficient (Wildman–Crippen LogP) is 8.33. The van der Waals surface area contributed by atoms with Crippen molar-refractivity contribution in [1.82, 2.24) is 4.98 Å². The highest BCUT2D eigenvalue weighted by Crippen LogP contribution is 2.31. The number of rotatable bonds is 13. The number of nitrogens with zero attached hydrogens (tertiary/aromatic N) is 2. The van der Waals surface area contributed by atoms with Gasteiger partial charge in [0.2, 0.25) is 0 Å². The van der Waals surface area contributed by atoms with Gasteiger partial charge in [0.1, 0.15) is 5.82 Å². The Kier molecular flexibility index (Phi) is 12.2. The van der Waals surface area contributed by atoms with Crippen LogP contribution in [0.4, 0.5) is 17.2 Å². The van der Waals surface area contributed by atoms with Crippen molar-refractivity contribution < 1.29 is 19.1 Å². The molecular weight excluding hydrogens is 538 g/mol. The van der Waals surface area contributed by atoms with Crippen LogP contribution in [0.15, 0.2) is 108 Å². The molecule has 43 heavy (non-hydrogen) atoms. The SMILES string of the molecule is C/C=C(\C=C/CN(/C(C)=C/C=C(\C)C(=O)OCC)c1ccc(C)[nH]1)N(c1ccc(C)cc1)c1ccc(C(=O)OCC)cc1. The molecule has 0 radical (unpaired) electrons. The maximum absolute atomic E-state index is 12.3. The van der Waals surface area contributed by atoms with Gasteiger partial charge in [-0.05, 0) is 109 Å². The zero-order valence-corrected chi connectivity index (χ0v) is 26.3. The number of allylic oxidation sites excluding steroid dienone is 5. The molecule has 0 saturated heterocycles. The average molecular weight is 582 g/mol. The van der Waals surface area contributed by atoms with E-state index >= 15 is 0 Å². The van der Waals surface area contributed by atoms with E-state index in [1.165, 1.54) is 5.56 Å². The molecule has 7 heteroatoms. The summed E-state index contributed by atoms with van der Waals surface area (Å²) in [6, 6.07) is 19.9. The Bertz CT molecular complexity index is 1490. The van der Waals surface area contributed by atoms with Crippen LogP contribution in [0, 0.1) is 13.8 Å². The highest BCUT2D eigenvalue weighted by atomic mass is 16.5. The molecule has 0 aliphatic carbocycles. The molecule has 0 fully saturated rings. The van der Waals surface area contributed by atoms with Crippen molar-refractivity contribution in [2.45, 2.75) is 48.5 Å². The molecule has 0 atom stereocenters. The van der Waals surface area contributed by atoms with Gasteiger partial charge in [0.05, 0.1) is 18.8 Å². The Labute approximate surface area is 255 Å². The first-order valence-corrected chi connectivity index (χ1v) is 14.6. The van der Waals surface area contributed by atoms with Crippen molar-refractivity contribution in [3.05, 3.63) is 125 Å². The van der Waals surface area contributed by atoms with Crippen molar-refractivity contribution in [3.8, 4) is 0 Å². The first-order valence-electron chi connectivity index (χ1n) is 14.6. The van der Waals surface area contributed by atoms with Crippen molar-refractivity contribution in [3.63, 3.8) is 0 Å². The summed E-state index contributed by atoms with van der Waals surface area (Å²) in [6.07, 6.45) is 9.98. The molecule has 3 aromatic rings. The van der Waals surface area contributed by atoms with Crippen LogP contribution in [0.5, 0.6) is 0 Å². The number of aromatic amines is 1. The van der Waals surface area contributed by atoms with E-state index in [9.17, 15) is 9.59 Å². The highest BCUT2D eigenvalue weighted by molar-refractivity contribution is 5.90. The second-order valence-corrected chi connectivity index (χ2v) is 10.1. The first kappa shape index (κ1) is 32.7. The predicted molar refractivity (Wildman–Crippen MR) is 176 cm³/mol. The fourth-order valence-electron chi connectivity index (χ4n) is 4.41. The number of hydrogen-bond donors (Lipinski definition) is 1. The monoisotopic (exact) mass is 581 g/mol. The lowest BCUT2D eigenvalue weighted by Gasteiger charge is -2.27. The van der Waals surface area contributed by atoms with Gasteiger partial charge in [-0.15, -0.1) is 0 Å². The molecule has 1 aromatic heterocycles. The summed E-state index contributed by atoms with van der Waals surface area (Å²) >= 11 is 0. The molecule has 226 valence electrons. The molecule has 2 aromatic carbocycles. The van der Waals surface area contributed by atoms with E-state index < -0.39 is 0 Å². The standard InChI is InChI=1S/C36H43N3O4/c1-8-31(39(32-20-13-26(4)14-21-32)33-22-18-30(19-23-33)36(41)43-10-3)12-11-25-38(34-24-16-28(6)37-34)29(7)17-15-27(5)35(40)42-9-2/h8,11-24,37H,9-10,25H2,1-7H3/b12-11-,27-15+,29-17+,31-8+. The molecule has 0 amide bonds. The average Bonchev–Trinajstić information content (AvgIpc) is 3.44. The number of carbonyl (C=O) groups excluding carboxylic acids is 2. The lowest BCUT2D eigenvalue weighted by Crippen LogP contribution is -2.22. The molecule has 0 unspecified atom stereocenters. The van der Waals surface area contributed by atoms with Crippen LogP contribution in [0.3, 0.4) is 0 Å². The number of carbonyl (C=O) groups is 2. The minimum atomic E-state index is -0.336. The number of benzene rings is 2. The minimum Gasteiger partial charge on any atom is -0.463 e. The Morgan fingerprint density at radius 3 is 2.02 bits per heavy atom. The maximum Gasteiger partial charge on any atom is 0.338 e. The van der Waals surface area contributed by atoms with E-state index in [2.05, 4.69) is 64.2 Å². The maximum atomic E-state index is 12.3. The van der Waals surface area contributed by atoms with Crippen LogP contribution in [-0.4, -0.2) is 36.7 Å². The van der Waals surface area contributed by atoms with Gasteiger partial charge in [0, 0.05) is 40.6 Å². The first-order chi connectivity index (χ1) is 20.7. The Hall–Kier alpha value is -4.78. The van der Waals surface area contributed by atoms with Gasteiger partial charge in [-0.3, -0.25) is 0 Å². The fourth-order valence-corrected chi connectivity index (χ4v) is 4.41. The molecule has 7 nitrogen and oxygen atoms in total. The number of nitrogens with one attached hydrogen (secondary N) is 1. The van der Waals surface area contributed by atoms with Crippen LogP contribution in [-0.2, 0) is 14.3 Å². The van der Waals surface area contributed by atoms with Crippen LogP contribution in [0.1, 0.15) is 56.2 Å². The summed E-state index contributed by atoms with van der Waals surface area (Å²) < 4.78 is 10.3. The number of ether oxygens (including phenoxy) is 2. The van der Waals surface area contributed by atoms with Crippen molar-refractivity contribution in [2.24, 2.45) is 0 Å². The van der Waals surface area contributed by atoms with Gasteiger partial charge in [-0.2, -0.15) is 0 Å². The summed E-state index contributed by atoms with van der Waals surface area (Å²) in [5.74, 6) is 0.292. The van der Waals surface area contributed by atoms with Crippen molar-refractivity contribution >= 4 is 29.1 Å². The summed E-state index contributed by atoms with van der Waals surface area (Å²) in [5.41, 5.74) is 7.13. The third-order valence-corrected chi connectivity index (χ3v) is 6.76. The summed E-state index contributed by atoms with van der Waals surface area (Å²) in [4.78, 5) is 32.1. The number of aromatic nitrogens is 1. The number of aryl methyl sites for hydroxylation is 2. The molecule has 1 N–H and O–H groups in total. The molecule has 3 rings (SSSR count). The Morgan fingerprint density at radius 2 is 1.47 bits per heavy atom. The zero-order chi connectivity index (χ0) is 31.4. The number of anilines is 3. The van der Waals surface area contributed by atoms with Gasteiger partial charge in [0.25, 0.3) is 0 Å². The minimum absolute atomic E-state index is 0.321. The fraction of sp³-hybridized carbons (Fsp3) is 0.278. The summed E-state index contributed by atoms with van der Waals surface area (Å²) in [5, 5.41) is 0. The lowest BCUT2D eigenvalue weighted by atomic mass is 10.1. The van der Waals surface area contributed by atoms with E-state index in [0.717, 1.165) is 34.3 Å². The zero-order valence-electron chi connectivity index (χ0n) is 26.3. The summed E-state index contributed by atoms with van der Waals surface area (Å²) in [6.45, 7) is 14.7. The van der Waals surface area contributed by atoms with Crippen LogP contribution in [0.25, 0.3) is 0 Å². The molecule has 1 heterocycles. The van der Waals surface area contributed by atoms with Gasteiger partial charge >= 0.3 is 11.9 Å². The van der Waals surface area contributed by atoms with E-state index in [0.29, 0.717) is 30.9 Å². The van der Waals surface area contributed by atoms with E-state index in [4.69, 9.17) is 9.47 Å². The molecule has 0 bridgehead atoms. The Morgan fingerprint density at radius 1 is 0.837 bits per heavy atom. The smallest absolute Gasteiger partial charge is 0.338 e. The number of H-pyrrole nitrogens is 1. The van der Waals surface area contributed by atoms with Gasteiger partial charge < -0.3 is 24.3 Å². The molecule has 0 spiro atoms. The second-order valence-electron chi connectivity index (χ2n) is 10.1. The third kappa shape index (κ3) is 9.10. The lowest BCUT2D eigenvalue weighted by molar-refractivity contribution is -0.138. The topological polar surface area (TPSA) is 74.9 Å². The van der Waals surface area contributed by atoms with Crippen LogP contribution < -0.4 is 9.80 Å². The molecule has 0 aliphatic rings. The number of esters is 2.